The van der Waals surface area contributed by atoms with Gasteiger partial charge in [0.15, 0.2) is 0 Å². The van der Waals surface area contributed by atoms with Crippen molar-refractivity contribution in [3.63, 3.8) is 0 Å². The van der Waals surface area contributed by atoms with Gasteiger partial charge < -0.3 is 9.47 Å². The van der Waals surface area contributed by atoms with Crippen LogP contribution in [0, 0.1) is 5.92 Å². The van der Waals surface area contributed by atoms with Crippen LogP contribution in [0.25, 0.3) is 0 Å². The van der Waals surface area contributed by atoms with Crippen molar-refractivity contribution < 1.29 is 14.3 Å². The maximum atomic E-state index is 12.0. The highest BCUT2D eigenvalue weighted by Gasteiger charge is 2.44. The predicted octanol–water partition coefficient (Wildman–Crippen LogP) is 1.44. The molecule has 4 nitrogen and oxygen atoms in total. The van der Waals surface area contributed by atoms with E-state index < -0.39 is 0 Å². The van der Waals surface area contributed by atoms with Crippen molar-refractivity contribution in [1.29, 1.82) is 0 Å². The second kappa shape index (κ2) is 5.36. The number of carbonyl (C=O) groups excluding carboxylic acids is 1. The molecule has 4 heteroatoms. The van der Waals surface area contributed by atoms with Crippen LogP contribution in [0.3, 0.4) is 0 Å². The minimum Gasteiger partial charge on any atom is -0.468 e. The van der Waals surface area contributed by atoms with E-state index in [4.69, 9.17) is 9.47 Å². The summed E-state index contributed by atoms with van der Waals surface area (Å²) < 4.78 is 10.7. The molecule has 0 N–H and O–H groups in total. The molecular weight excluding hydrogens is 218 g/mol. The van der Waals surface area contributed by atoms with Crippen molar-refractivity contribution >= 4 is 5.97 Å². The normalized spacial score (nSPS) is 32.2. The Bertz CT molecular complexity index is 278. The third-order valence-electron chi connectivity index (χ3n) is 3.85. The molecule has 3 unspecified atom stereocenters. The second-order valence-corrected chi connectivity index (χ2v) is 5.21. The lowest BCUT2D eigenvalue weighted by molar-refractivity contribution is -0.154. The summed E-state index contributed by atoms with van der Waals surface area (Å²) >= 11 is 0. The molecule has 1 aliphatic carbocycles. The van der Waals surface area contributed by atoms with Crippen LogP contribution in [0.5, 0.6) is 0 Å². The lowest BCUT2D eigenvalue weighted by atomic mass is 10.0. The summed E-state index contributed by atoms with van der Waals surface area (Å²) in [5.41, 5.74) is 0. The fraction of sp³-hybridized carbons (Fsp3) is 0.923. The van der Waals surface area contributed by atoms with E-state index in [2.05, 4.69) is 18.7 Å². The topological polar surface area (TPSA) is 38.8 Å². The first-order chi connectivity index (χ1) is 8.17. The molecule has 1 aliphatic heterocycles. The van der Waals surface area contributed by atoms with E-state index in [-0.39, 0.29) is 18.1 Å². The van der Waals surface area contributed by atoms with Crippen LogP contribution in [-0.2, 0) is 14.3 Å². The molecule has 2 rings (SSSR count). The molecular formula is C13H23NO3. The summed E-state index contributed by atoms with van der Waals surface area (Å²) in [5.74, 6) is 0.432. The maximum Gasteiger partial charge on any atom is 0.323 e. The minimum absolute atomic E-state index is 0.0451. The van der Waals surface area contributed by atoms with Gasteiger partial charge in [-0.3, -0.25) is 9.69 Å². The van der Waals surface area contributed by atoms with Gasteiger partial charge in [-0.1, -0.05) is 6.92 Å². The molecule has 0 bridgehead atoms. The number of hydrogen-bond donors (Lipinski definition) is 0. The summed E-state index contributed by atoms with van der Waals surface area (Å²) in [6.45, 7) is 5.80. The average Bonchev–Trinajstić information content (AvgIpc) is 3.14. The van der Waals surface area contributed by atoms with Gasteiger partial charge >= 0.3 is 5.97 Å². The number of carbonyl (C=O) groups is 1. The van der Waals surface area contributed by atoms with Crippen LogP contribution in [0.4, 0.5) is 0 Å². The van der Waals surface area contributed by atoms with E-state index in [1.54, 1.807) is 0 Å². The maximum absolute atomic E-state index is 12.0. The van der Waals surface area contributed by atoms with Crippen molar-refractivity contribution in [2.75, 3.05) is 20.3 Å². The SMILES string of the molecule is CCC1COC(C)CN1C(C(=O)OC)C1CC1. The molecule has 0 aromatic heterocycles. The molecule has 1 saturated heterocycles. The molecule has 1 heterocycles. The Morgan fingerprint density at radius 1 is 1.53 bits per heavy atom. The van der Waals surface area contributed by atoms with E-state index in [0.717, 1.165) is 32.4 Å². The molecule has 2 fully saturated rings. The highest BCUT2D eigenvalue weighted by molar-refractivity contribution is 5.76. The van der Waals surface area contributed by atoms with E-state index in [1.165, 1.54) is 7.11 Å². The van der Waals surface area contributed by atoms with Crippen LogP contribution < -0.4 is 0 Å². The summed E-state index contributed by atoms with van der Waals surface area (Å²) in [5, 5.41) is 0. The van der Waals surface area contributed by atoms with Gasteiger partial charge in [0.25, 0.3) is 0 Å². The van der Waals surface area contributed by atoms with E-state index in [0.29, 0.717) is 12.0 Å². The molecule has 17 heavy (non-hydrogen) atoms. The quantitative estimate of drug-likeness (QED) is 0.698. The molecule has 0 radical (unpaired) electrons. The zero-order valence-corrected chi connectivity index (χ0v) is 11.0. The Morgan fingerprint density at radius 2 is 2.24 bits per heavy atom. The molecule has 0 aromatic carbocycles. The Hall–Kier alpha value is -0.610. The molecule has 3 atom stereocenters. The Balaban J connectivity index is 2.11. The van der Waals surface area contributed by atoms with Crippen molar-refractivity contribution in [3.8, 4) is 0 Å². The lowest BCUT2D eigenvalue weighted by Gasteiger charge is -2.42. The first kappa shape index (κ1) is 12.8. The molecule has 2 aliphatic rings. The monoisotopic (exact) mass is 241 g/mol. The number of rotatable bonds is 4. The van der Waals surface area contributed by atoms with Gasteiger partial charge in [-0.15, -0.1) is 0 Å². The summed E-state index contributed by atoms with van der Waals surface area (Å²) in [4.78, 5) is 14.3. The summed E-state index contributed by atoms with van der Waals surface area (Å²) in [7, 11) is 1.49. The first-order valence-corrected chi connectivity index (χ1v) is 6.62. The van der Waals surface area contributed by atoms with Gasteiger partial charge in [-0.25, -0.2) is 0 Å². The average molecular weight is 241 g/mol. The number of morpholine rings is 1. The number of esters is 1. The summed E-state index contributed by atoms with van der Waals surface area (Å²) in [6.07, 6.45) is 3.54. The largest absolute Gasteiger partial charge is 0.468 e. The van der Waals surface area contributed by atoms with Crippen molar-refractivity contribution in [2.45, 2.75) is 51.3 Å². The standard InChI is InChI=1S/C13H23NO3/c1-4-11-8-17-9(2)7-14(11)12(10-5-6-10)13(15)16-3/h9-12H,4-8H2,1-3H3. The van der Waals surface area contributed by atoms with Crippen LogP contribution in [-0.4, -0.2) is 49.3 Å². The Morgan fingerprint density at radius 3 is 2.76 bits per heavy atom. The molecule has 0 aromatic rings. The van der Waals surface area contributed by atoms with E-state index in [9.17, 15) is 4.79 Å². The lowest BCUT2D eigenvalue weighted by Crippen LogP contribution is -2.56. The van der Waals surface area contributed by atoms with Gasteiger partial charge in [-0.2, -0.15) is 0 Å². The van der Waals surface area contributed by atoms with Crippen molar-refractivity contribution in [1.82, 2.24) is 4.90 Å². The number of methoxy groups -OCH3 is 1. The van der Waals surface area contributed by atoms with Crippen molar-refractivity contribution in [3.05, 3.63) is 0 Å². The first-order valence-electron chi connectivity index (χ1n) is 6.62. The van der Waals surface area contributed by atoms with Crippen molar-refractivity contribution in [2.24, 2.45) is 5.92 Å². The third kappa shape index (κ3) is 2.80. The number of hydrogen-bond acceptors (Lipinski definition) is 4. The van der Waals surface area contributed by atoms with Crippen LogP contribution >= 0.6 is 0 Å². The number of nitrogens with zero attached hydrogens (tertiary/aromatic N) is 1. The predicted molar refractivity (Wildman–Crippen MR) is 64.7 cm³/mol. The van der Waals surface area contributed by atoms with Gasteiger partial charge in [-0.05, 0) is 32.1 Å². The van der Waals surface area contributed by atoms with Gasteiger partial charge in [0.05, 0.1) is 19.8 Å². The summed E-state index contributed by atoms with van der Waals surface area (Å²) in [6, 6.07) is 0.312. The fourth-order valence-electron chi connectivity index (χ4n) is 2.69. The highest BCUT2D eigenvalue weighted by Crippen LogP contribution is 2.37. The van der Waals surface area contributed by atoms with E-state index in [1.807, 2.05) is 0 Å². The van der Waals surface area contributed by atoms with Crippen LogP contribution in [0.1, 0.15) is 33.1 Å². The molecule has 1 saturated carbocycles. The fourth-order valence-corrected chi connectivity index (χ4v) is 2.69. The van der Waals surface area contributed by atoms with Gasteiger partial charge in [0, 0.05) is 12.6 Å². The Labute approximate surface area is 103 Å². The smallest absolute Gasteiger partial charge is 0.323 e. The third-order valence-corrected chi connectivity index (χ3v) is 3.85. The van der Waals surface area contributed by atoms with Crippen LogP contribution in [0.15, 0.2) is 0 Å². The molecule has 98 valence electrons. The zero-order valence-electron chi connectivity index (χ0n) is 11.0. The highest BCUT2D eigenvalue weighted by atomic mass is 16.5. The van der Waals surface area contributed by atoms with E-state index >= 15 is 0 Å². The minimum atomic E-state index is -0.0694. The van der Waals surface area contributed by atoms with Gasteiger partial charge in [0.2, 0.25) is 0 Å². The molecule has 0 amide bonds. The Kier molecular flexibility index (Phi) is 4.05. The number of ether oxygens (including phenoxy) is 2. The second-order valence-electron chi connectivity index (χ2n) is 5.21. The zero-order chi connectivity index (χ0) is 12.4. The molecule has 0 spiro atoms. The van der Waals surface area contributed by atoms with Crippen LogP contribution in [0.2, 0.25) is 0 Å². The van der Waals surface area contributed by atoms with Gasteiger partial charge in [0.1, 0.15) is 6.04 Å².